The normalized spacial score (nSPS) is 8.53. The van der Waals surface area contributed by atoms with Crippen molar-refractivity contribution in [2.45, 2.75) is 33.6 Å². The molecular formula is C10H20O5. The smallest absolute Gasteiger partial charge is 0.305 e. The number of aliphatic hydroxyl groups is 1. The van der Waals surface area contributed by atoms with Crippen LogP contribution in [0.4, 0.5) is 0 Å². The molecule has 1 N–H and O–H groups in total. The first-order chi connectivity index (χ1) is 7.08. The van der Waals surface area contributed by atoms with E-state index in [-0.39, 0.29) is 18.5 Å². The first-order valence-electron chi connectivity index (χ1n) is 4.98. The van der Waals surface area contributed by atoms with Crippen LogP contribution in [0.3, 0.4) is 0 Å². The molecule has 90 valence electrons. The minimum absolute atomic E-state index is 0.0544. The summed E-state index contributed by atoms with van der Waals surface area (Å²) in [6.45, 7) is 5.89. The average Bonchev–Trinajstić information content (AvgIpc) is 2.16. The molecule has 15 heavy (non-hydrogen) atoms. The maximum absolute atomic E-state index is 10.5. The Bertz CT molecular complexity index is 167. The van der Waals surface area contributed by atoms with Gasteiger partial charge >= 0.3 is 11.9 Å². The monoisotopic (exact) mass is 220 g/mol. The van der Waals surface area contributed by atoms with Gasteiger partial charge in [0.1, 0.15) is 0 Å². The van der Waals surface area contributed by atoms with E-state index < -0.39 is 0 Å². The van der Waals surface area contributed by atoms with Gasteiger partial charge in [0.2, 0.25) is 0 Å². The molecule has 0 aromatic heterocycles. The third kappa shape index (κ3) is 19.3. The molecule has 0 atom stereocenters. The minimum Gasteiger partial charge on any atom is -0.466 e. The lowest BCUT2D eigenvalue weighted by atomic mass is 10.3. The summed E-state index contributed by atoms with van der Waals surface area (Å²) in [6.07, 6.45) is 0.823. The number of carbonyl (C=O) groups excluding carboxylic acids is 2. The van der Waals surface area contributed by atoms with E-state index in [4.69, 9.17) is 5.11 Å². The summed E-state index contributed by atoms with van der Waals surface area (Å²) in [5.41, 5.74) is 0. The largest absolute Gasteiger partial charge is 0.466 e. The van der Waals surface area contributed by atoms with Gasteiger partial charge in [-0.1, -0.05) is 0 Å². The lowest BCUT2D eigenvalue weighted by Crippen LogP contribution is -2.03. The summed E-state index contributed by atoms with van der Waals surface area (Å²) in [5, 5.41) is 8.28. The van der Waals surface area contributed by atoms with Gasteiger partial charge in [-0.15, -0.1) is 0 Å². The van der Waals surface area contributed by atoms with Crippen LogP contribution in [0.15, 0.2) is 0 Å². The third-order valence-electron chi connectivity index (χ3n) is 1.19. The first-order valence-corrected chi connectivity index (χ1v) is 4.98. The number of hydrogen-bond donors (Lipinski definition) is 1. The zero-order valence-electron chi connectivity index (χ0n) is 9.62. The number of esters is 2. The second-order valence-corrected chi connectivity index (χ2v) is 2.56. The zero-order chi connectivity index (χ0) is 12.1. The summed E-state index contributed by atoms with van der Waals surface area (Å²) >= 11 is 0. The molecule has 0 rings (SSSR count). The van der Waals surface area contributed by atoms with Crippen molar-refractivity contribution in [1.82, 2.24) is 0 Å². The van der Waals surface area contributed by atoms with E-state index >= 15 is 0 Å². The molecule has 0 amide bonds. The maximum Gasteiger partial charge on any atom is 0.305 e. The van der Waals surface area contributed by atoms with E-state index in [1.54, 1.807) is 13.8 Å². The molecule has 0 aliphatic heterocycles. The Hall–Kier alpha value is -1.10. The predicted molar refractivity (Wildman–Crippen MR) is 55.3 cm³/mol. The van der Waals surface area contributed by atoms with Gasteiger partial charge in [-0.05, 0) is 20.3 Å². The van der Waals surface area contributed by atoms with Crippen molar-refractivity contribution in [1.29, 1.82) is 0 Å². The van der Waals surface area contributed by atoms with Gasteiger partial charge in [-0.2, -0.15) is 0 Å². The Morgan fingerprint density at radius 3 is 1.93 bits per heavy atom. The van der Waals surface area contributed by atoms with Crippen molar-refractivity contribution >= 4 is 11.9 Å². The maximum atomic E-state index is 10.5. The molecule has 0 fully saturated rings. The number of hydrogen-bond acceptors (Lipinski definition) is 5. The van der Waals surface area contributed by atoms with Crippen LogP contribution in [-0.2, 0) is 19.1 Å². The van der Waals surface area contributed by atoms with Crippen LogP contribution in [0, 0.1) is 0 Å². The Labute approximate surface area is 90.4 Å². The Morgan fingerprint density at radius 2 is 1.67 bits per heavy atom. The fraction of sp³-hybridized carbons (Fsp3) is 0.800. The van der Waals surface area contributed by atoms with Crippen molar-refractivity contribution in [3.05, 3.63) is 0 Å². The molecular weight excluding hydrogens is 200 g/mol. The Balaban J connectivity index is 0. The van der Waals surface area contributed by atoms with Crippen LogP contribution in [0.1, 0.15) is 33.6 Å². The van der Waals surface area contributed by atoms with Crippen molar-refractivity contribution in [2.75, 3.05) is 19.8 Å². The highest BCUT2D eigenvalue weighted by atomic mass is 16.5. The Morgan fingerprint density at radius 1 is 1.13 bits per heavy atom. The van der Waals surface area contributed by atoms with Crippen LogP contribution >= 0.6 is 0 Å². The summed E-state index contributed by atoms with van der Waals surface area (Å²) < 4.78 is 9.00. The number of ether oxygens (including phenoxy) is 2. The molecule has 0 spiro atoms. The SMILES string of the molecule is CCOC(=O)CCCO.CCOC(C)=O. The molecule has 0 saturated carbocycles. The molecule has 5 heteroatoms. The van der Waals surface area contributed by atoms with Gasteiger partial charge < -0.3 is 14.6 Å². The fourth-order valence-corrected chi connectivity index (χ4v) is 0.660. The zero-order valence-corrected chi connectivity index (χ0v) is 9.62. The van der Waals surface area contributed by atoms with E-state index in [1.807, 2.05) is 0 Å². The number of carbonyl (C=O) groups is 2. The van der Waals surface area contributed by atoms with Gasteiger partial charge in [-0.25, -0.2) is 0 Å². The van der Waals surface area contributed by atoms with Gasteiger partial charge in [-0.3, -0.25) is 9.59 Å². The van der Waals surface area contributed by atoms with E-state index in [2.05, 4.69) is 9.47 Å². The predicted octanol–water partition coefficient (Wildman–Crippen LogP) is 0.891. The highest BCUT2D eigenvalue weighted by Crippen LogP contribution is 1.90. The van der Waals surface area contributed by atoms with E-state index in [1.165, 1.54) is 6.92 Å². The minimum atomic E-state index is -0.230. The molecule has 5 nitrogen and oxygen atoms in total. The van der Waals surface area contributed by atoms with Crippen LogP contribution < -0.4 is 0 Å². The van der Waals surface area contributed by atoms with Crippen LogP contribution in [0.5, 0.6) is 0 Å². The van der Waals surface area contributed by atoms with Gasteiger partial charge in [0, 0.05) is 20.0 Å². The lowest BCUT2D eigenvalue weighted by Gasteiger charge is -1.97. The molecule has 0 aromatic rings. The molecule has 0 aromatic carbocycles. The van der Waals surface area contributed by atoms with Crippen molar-refractivity contribution < 1.29 is 24.2 Å². The van der Waals surface area contributed by atoms with Gasteiger partial charge in [0.25, 0.3) is 0 Å². The topological polar surface area (TPSA) is 72.8 Å². The average molecular weight is 220 g/mol. The van der Waals surface area contributed by atoms with E-state index in [0.29, 0.717) is 26.1 Å². The molecule has 0 unspecified atom stereocenters. The molecule has 0 aliphatic rings. The second kappa shape index (κ2) is 12.9. The van der Waals surface area contributed by atoms with Crippen molar-refractivity contribution in [3.8, 4) is 0 Å². The summed E-state index contributed by atoms with van der Waals surface area (Å²) in [4.78, 5) is 20.3. The number of aliphatic hydroxyl groups excluding tert-OH is 1. The van der Waals surface area contributed by atoms with E-state index in [0.717, 1.165) is 0 Å². The van der Waals surface area contributed by atoms with Gasteiger partial charge in [0.05, 0.1) is 13.2 Å². The highest BCUT2D eigenvalue weighted by Gasteiger charge is 1.97. The highest BCUT2D eigenvalue weighted by molar-refractivity contribution is 5.69. The summed E-state index contributed by atoms with van der Waals surface area (Å²) in [5.74, 6) is -0.441. The summed E-state index contributed by atoms with van der Waals surface area (Å²) in [6, 6.07) is 0. The Kier molecular flexibility index (Phi) is 14.0. The van der Waals surface area contributed by atoms with Gasteiger partial charge in [0.15, 0.2) is 0 Å². The van der Waals surface area contributed by atoms with Crippen LogP contribution in [0.2, 0.25) is 0 Å². The lowest BCUT2D eigenvalue weighted by molar-refractivity contribution is -0.143. The third-order valence-corrected chi connectivity index (χ3v) is 1.19. The fourth-order valence-electron chi connectivity index (χ4n) is 0.660. The van der Waals surface area contributed by atoms with Crippen molar-refractivity contribution in [3.63, 3.8) is 0 Å². The van der Waals surface area contributed by atoms with Crippen LogP contribution in [0.25, 0.3) is 0 Å². The first kappa shape index (κ1) is 16.3. The van der Waals surface area contributed by atoms with Crippen LogP contribution in [-0.4, -0.2) is 36.9 Å². The quantitative estimate of drug-likeness (QED) is 0.696. The number of rotatable bonds is 5. The molecule has 0 aliphatic carbocycles. The molecule has 0 bridgehead atoms. The molecule has 0 saturated heterocycles. The standard InChI is InChI=1S/C6H12O3.C4H8O2/c1-2-9-6(8)4-3-5-7;1-3-6-4(2)5/h7H,2-5H2,1H3;3H2,1-2H3. The summed E-state index contributed by atoms with van der Waals surface area (Å²) in [7, 11) is 0. The van der Waals surface area contributed by atoms with Crippen molar-refractivity contribution in [2.24, 2.45) is 0 Å². The molecule has 0 heterocycles. The molecule has 0 radical (unpaired) electrons. The van der Waals surface area contributed by atoms with E-state index in [9.17, 15) is 9.59 Å². The second-order valence-electron chi connectivity index (χ2n) is 2.56.